The van der Waals surface area contributed by atoms with Crippen LogP contribution in [-0.2, 0) is 17.0 Å². The third-order valence-electron chi connectivity index (χ3n) is 5.68. The largest absolute Gasteiger partial charge is 0.448 e. The fourth-order valence-electron chi connectivity index (χ4n) is 4.06. The van der Waals surface area contributed by atoms with Crippen LogP contribution in [0.15, 0.2) is 73.5 Å². The van der Waals surface area contributed by atoms with E-state index in [4.69, 9.17) is 18.7 Å². The van der Waals surface area contributed by atoms with E-state index < -0.39 is 0 Å². The van der Waals surface area contributed by atoms with E-state index >= 15 is 0 Å². The number of rotatable bonds is 6. The molecule has 0 aliphatic carbocycles. The lowest BCUT2D eigenvalue weighted by molar-refractivity contribution is 0.0936. The van der Waals surface area contributed by atoms with Crippen LogP contribution in [0.5, 0.6) is 0 Å². The van der Waals surface area contributed by atoms with Crippen LogP contribution in [0, 0.1) is 0 Å². The predicted octanol–water partition coefficient (Wildman–Crippen LogP) is 4.66. The highest BCUT2D eigenvalue weighted by molar-refractivity contribution is 7.98. The maximum absolute atomic E-state index is 13.4. The van der Waals surface area contributed by atoms with Gasteiger partial charge in [0.1, 0.15) is 11.1 Å². The highest BCUT2D eigenvalue weighted by Crippen LogP contribution is 2.29. The molecule has 166 valence electrons. The average Bonchev–Trinajstić information content (AvgIpc) is 3.61. The molecule has 33 heavy (non-hydrogen) atoms. The van der Waals surface area contributed by atoms with Crippen molar-refractivity contribution in [1.82, 2.24) is 19.7 Å². The van der Waals surface area contributed by atoms with Gasteiger partial charge < -0.3 is 13.7 Å². The number of ether oxygens (including phenoxy) is 1. The van der Waals surface area contributed by atoms with E-state index in [1.165, 1.54) is 11.8 Å². The minimum Gasteiger partial charge on any atom is -0.448 e. The van der Waals surface area contributed by atoms with Gasteiger partial charge in [0.2, 0.25) is 17.3 Å². The molecule has 0 radical (unpaired) electrons. The smallest absolute Gasteiger partial charge is 0.297 e. The molecule has 0 bridgehead atoms. The molecule has 0 spiro atoms. The number of furan rings is 1. The summed E-state index contributed by atoms with van der Waals surface area (Å²) >= 11 is 1.39. The Morgan fingerprint density at radius 1 is 1.06 bits per heavy atom. The van der Waals surface area contributed by atoms with Gasteiger partial charge in [-0.3, -0.25) is 9.36 Å². The van der Waals surface area contributed by atoms with E-state index in [-0.39, 0.29) is 17.2 Å². The summed E-state index contributed by atoms with van der Waals surface area (Å²) in [4.78, 5) is 22.7. The second-order valence-electron chi connectivity index (χ2n) is 7.89. The minimum atomic E-state index is -0.204. The summed E-state index contributed by atoms with van der Waals surface area (Å²) in [5, 5.41) is 5.48. The van der Waals surface area contributed by atoms with Crippen LogP contribution in [0.1, 0.15) is 18.7 Å². The lowest BCUT2D eigenvalue weighted by Gasteiger charge is -2.15. The van der Waals surface area contributed by atoms with Gasteiger partial charge in [0, 0.05) is 17.6 Å². The normalized spacial score (nSPS) is 16.2. The van der Waals surface area contributed by atoms with Crippen LogP contribution in [-0.4, -0.2) is 32.4 Å². The van der Waals surface area contributed by atoms with Crippen molar-refractivity contribution in [3.05, 3.63) is 70.8 Å². The van der Waals surface area contributed by atoms with Crippen LogP contribution in [0.4, 0.5) is 0 Å². The van der Waals surface area contributed by atoms with Gasteiger partial charge in [-0.2, -0.15) is 4.98 Å². The molecule has 1 fully saturated rings. The van der Waals surface area contributed by atoms with Crippen LogP contribution >= 0.6 is 11.8 Å². The van der Waals surface area contributed by atoms with E-state index in [0.717, 1.165) is 23.8 Å². The van der Waals surface area contributed by atoms with Crippen molar-refractivity contribution >= 4 is 33.8 Å². The molecule has 1 aliphatic heterocycles. The molecular formula is C24H20N4O4S. The van der Waals surface area contributed by atoms with Crippen LogP contribution in [0.2, 0.25) is 0 Å². The van der Waals surface area contributed by atoms with Crippen molar-refractivity contribution in [3.8, 4) is 11.4 Å². The molecular weight excluding hydrogens is 440 g/mol. The Labute approximate surface area is 192 Å². The molecule has 9 heteroatoms. The van der Waals surface area contributed by atoms with Gasteiger partial charge >= 0.3 is 0 Å². The van der Waals surface area contributed by atoms with Crippen LogP contribution in [0.25, 0.3) is 33.5 Å². The summed E-state index contributed by atoms with van der Waals surface area (Å²) in [6.45, 7) is 1.15. The van der Waals surface area contributed by atoms with Crippen molar-refractivity contribution < 1.29 is 13.7 Å². The molecule has 2 aromatic carbocycles. The van der Waals surface area contributed by atoms with Gasteiger partial charge in [-0.25, -0.2) is 4.98 Å². The SMILES string of the molecule is O=c1c2oc3ccccc3c2nc(SCc2nc(-c3ccccc3)no2)n1C[C@@H]1CCCO1. The molecule has 1 atom stereocenters. The maximum atomic E-state index is 13.4. The average molecular weight is 461 g/mol. The number of aromatic nitrogens is 4. The first-order valence-electron chi connectivity index (χ1n) is 10.8. The number of nitrogens with zero attached hydrogens (tertiary/aromatic N) is 4. The van der Waals surface area contributed by atoms with E-state index in [2.05, 4.69) is 10.1 Å². The second-order valence-corrected chi connectivity index (χ2v) is 8.83. The van der Waals surface area contributed by atoms with Gasteiger partial charge in [0.05, 0.1) is 18.4 Å². The Morgan fingerprint density at radius 2 is 1.91 bits per heavy atom. The molecule has 0 N–H and O–H groups in total. The Hall–Kier alpha value is -3.43. The third-order valence-corrected chi connectivity index (χ3v) is 6.64. The first-order valence-corrected chi connectivity index (χ1v) is 11.8. The number of benzene rings is 2. The summed E-state index contributed by atoms with van der Waals surface area (Å²) in [5.74, 6) is 1.39. The van der Waals surface area contributed by atoms with E-state index in [1.807, 2.05) is 54.6 Å². The number of fused-ring (bicyclic) bond motifs is 3. The zero-order valence-corrected chi connectivity index (χ0v) is 18.5. The molecule has 8 nitrogen and oxygen atoms in total. The van der Waals surface area contributed by atoms with Crippen molar-refractivity contribution in [1.29, 1.82) is 0 Å². The maximum Gasteiger partial charge on any atom is 0.297 e. The van der Waals surface area contributed by atoms with Crippen LogP contribution in [0.3, 0.4) is 0 Å². The highest BCUT2D eigenvalue weighted by atomic mass is 32.2. The van der Waals surface area contributed by atoms with Gasteiger partial charge in [-0.1, -0.05) is 59.4 Å². The first kappa shape index (κ1) is 20.2. The summed E-state index contributed by atoms with van der Waals surface area (Å²) in [7, 11) is 0. The Bertz CT molecular complexity index is 1490. The molecule has 0 amide bonds. The quantitative estimate of drug-likeness (QED) is 0.267. The molecule has 1 aliphatic rings. The van der Waals surface area contributed by atoms with E-state index in [9.17, 15) is 4.79 Å². The van der Waals surface area contributed by atoms with Gasteiger partial charge in [-0.05, 0) is 25.0 Å². The van der Waals surface area contributed by atoms with E-state index in [0.29, 0.717) is 46.9 Å². The lowest BCUT2D eigenvalue weighted by Crippen LogP contribution is -2.28. The zero-order chi connectivity index (χ0) is 22.2. The fraction of sp³-hybridized carbons (Fsp3) is 0.250. The molecule has 0 saturated carbocycles. The number of thioether (sulfide) groups is 1. The fourth-order valence-corrected chi connectivity index (χ4v) is 4.90. The van der Waals surface area contributed by atoms with E-state index in [1.54, 1.807) is 4.57 Å². The molecule has 5 aromatic rings. The predicted molar refractivity (Wildman–Crippen MR) is 124 cm³/mol. The molecule has 3 aromatic heterocycles. The molecule has 4 heterocycles. The Balaban J connectivity index is 1.36. The number of hydrogen-bond donors (Lipinski definition) is 0. The Kier molecular flexibility index (Phi) is 5.20. The molecule has 1 saturated heterocycles. The minimum absolute atomic E-state index is 0.0150. The van der Waals surface area contributed by atoms with Gasteiger partial charge in [-0.15, -0.1) is 0 Å². The third kappa shape index (κ3) is 3.83. The second kappa shape index (κ2) is 8.49. The lowest BCUT2D eigenvalue weighted by atomic mass is 10.2. The van der Waals surface area contributed by atoms with Crippen LogP contribution < -0.4 is 5.56 Å². The first-order chi connectivity index (χ1) is 16.3. The van der Waals surface area contributed by atoms with Gasteiger partial charge in [0.25, 0.3) is 5.56 Å². The summed E-state index contributed by atoms with van der Waals surface area (Å²) in [5.41, 5.74) is 2.16. The molecule has 6 rings (SSSR count). The van der Waals surface area contributed by atoms with Gasteiger partial charge in [0.15, 0.2) is 5.16 Å². The number of para-hydroxylation sites is 1. The molecule has 0 unspecified atom stereocenters. The topological polar surface area (TPSA) is 96.2 Å². The zero-order valence-electron chi connectivity index (χ0n) is 17.6. The standard InChI is InChI=1S/C24H20N4O4S/c29-23-21-20(17-10-4-5-11-18(17)31-21)26-24(28(23)13-16-9-6-12-30-16)33-14-19-25-22(27-32-19)15-7-2-1-3-8-15/h1-5,7-8,10-11,16H,6,9,12-14H2/t16-/m0/s1. The summed E-state index contributed by atoms with van der Waals surface area (Å²) in [6, 6.07) is 17.2. The summed E-state index contributed by atoms with van der Waals surface area (Å²) < 4.78 is 18.8. The summed E-state index contributed by atoms with van der Waals surface area (Å²) in [6.07, 6.45) is 1.89. The highest BCUT2D eigenvalue weighted by Gasteiger charge is 2.23. The van der Waals surface area contributed by atoms with Crippen molar-refractivity contribution in [2.45, 2.75) is 36.4 Å². The monoisotopic (exact) mass is 460 g/mol. The van der Waals surface area contributed by atoms with Crippen molar-refractivity contribution in [2.24, 2.45) is 0 Å². The Morgan fingerprint density at radius 3 is 2.76 bits per heavy atom. The number of hydrogen-bond acceptors (Lipinski definition) is 8. The van der Waals surface area contributed by atoms with Crippen molar-refractivity contribution in [2.75, 3.05) is 6.61 Å². The van der Waals surface area contributed by atoms with Crippen molar-refractivity contribution in [3.63, 3.8) is 0 Å².